The molecule has 2 aromatic rings. The van der Waals surface area contributed by atoms with Crippen LogP contribution in [0.2, 0.25) is 0 Å². The first kappa shape index (κ1) is 29.6. The molecule has 1 aliphatic rings. The highest BCUT2D eigenvalue weighted by molar-refractivity contribution is 7.90. The Labute approximate surface area is 216 Å². The summed E-state index contributed by atoms with van der Waals surface area (Å²) in [5.74, 6) is -4.87. The number of fused-ring (bicyclic) bond motifs is 1. The minimum atomic E-state index is -4.44. The zero-order chi connectivity index (χ0) is 27.8. The average Bonchev–Trinajstić information content (AvgIpc) is 3.19. The summed E-state index contributed by atoms with van der Waals surface area (Å²) in [6, 6.07) is 4.11. The molecule has 0 spiro atoms. The minimum Gasteiger partial charge on any atom is -0.598 e. The maximum Gasteiger partial charge on any atom is 0.392 e. The van der Waals surface area contributed by atoms with E-state index in [0.717, 1.165) is 6.92 Å². The fourth-order valence-corrected chi connectivity index (χ4v) is 5.19. The SMILES string of the molecule is C[C@@H](NC(=O)C[C@H](C)C(F)(F)F)c1ccc2[nH]c([C@@H](N[S@+]([O-])C(C)(C)C)C3CCC(F)(F)CC3)nc2c1. The van der Waals surface area contributed by atoms with E-state index in [0.29, 0.717) is 22.4 Å². The van der Waals surface area contributed by atoms with Gasteiger partial charge in [-0.3, -0.25) is 4.79 Å². The molecule has 3 N–H and O–H groups in total. The number of carbonyl (C=O) groups is 1. The Morgan fingerprint density at radius 2 is 1.84 bits per heavy atom. The summed E-state index contributed by atoms with van der Waals surface area (Å²) in [5, 5.41) is 2.60. The number of amides is 1. The van der Waals surface area contributed by atoms with Crippen LogP contribution in [0.15, 0.2) is 18.2 Å². The Kier molecular flexibility index (Phi) is 8.85. The van der Waals surface area contributed by atoms with Crippen molar-refractivity contribution >= 4 is 28.3 Å². The van der Waals surface area contributed by atoms with Gasteiger partial charge in [0.2, 0.25) is 11.8 Å². The number of benzene rings is 1. The molecule has 1 heterocycles. The van der Waals surface area contributed by atoms with Gasteiger partial charge in [0, 0.05) is 30.6 Å². The van der Waals surface area contributed by atoms with Crippen molar-refractivity contribution in [2.75, 3.05) is 0 Å². The summed E-state index contributed by atoms with van der Waals surface area (Å²) in [5.41, 5.74) is 1.86. The van der Waals surface area contributed by atoms with E-state index in [1.54, 1.807) is 25.1 Å². The van der Waals surface area contributed by atoms with E-state index in [4.69, 9.17) is 0 Å². The van der Waals surface area contributed by atoms with Crippen LogP contribution >= 0.6 is 0 Å². The Hall–Kier alpha value is -1.92. The quantitative estimate of drug-likeness (QED) is 0.268. The normalized spacial score (nSPS) is 20.4. The van der Waals surface area contributed by atoms with Crippen molar-refractivity contribution in [3.05, 3.63) is 29.6 Å². The number of aromatic amines is 1. The van der Waals surface area contributed by atoms with Crippen LogP contribution in [-0.4, -0.2) is 37.3 Å². The molecular weight excluding hydrogens is 515 g/mol. The number of alkyl halides is 5. The van der Waals surface area contributed by atoms with Crippen LogP contribution in [0.4, 0.5) is 22.0 Å². The minimum absolute atomic E-state index is 0.195. The van der Waals surface area contributed by atoms with Gasteiger partial charge in [0.1, 0.15) is 16.6 Å². The molecule has 1 aromatic carbocycles. The van der Waals surface area contributed by atoms with Crippen LogP contribution in [0, 0.1) is 11.8 Å². The number of hydrogen-bond acceptors (Lipinski definition) is 4. The lowest BCUT2D eigenvalue weighted by atomic mass is 9.82. The van der Waals surface area contributed by atoms with Crippen molar-refractivity contribution in [2.45, 2.75) is 95.7 Å². The number of rotatable bonds is 8. The maximum atomic E-state index is 13.8. The summed E-state index contributed by atoms with van der Waals surface area (Å²) in [7, 11) is 0. The topological polar surface area (TPSA) is 92.9 Å². The summed E-state index contributed by atoms with van der Waals surface area (Å²) in [6.07, 6.45) is -5.08. The van der Waals surface area contributed by atoms with E-state index < -0.39 is 58.5 Å². The summed E-state index contributed by atoms with van der Waals surface area (Å²) in [4.78, 5) is 20.0. The number of nitrogens with one attached hydrogen (secondary N) is 3. The largest absolute Gasteiger partial charge is 0.598 e. The van der Waals surface area contributed by atoms with Gasteiger partial charge in [0.25, 0.3) is 0 Å². The van der Waals surface area contributed by atoms with Crippen LogP contribution in [0.1, 0.15) is 90.2 Å². The molecule has 1 saturated carbocycles. The van der Waals surface area contributed by atoms with Gasteiger partial charge in [-0.05, 0) is 64.2 Å². The molecular formula is C25H35F5N4O2S. The third-order valence-corrected chi connectivity index (χ3v) is 8.35. The highest BCUT2D eigenvalue weighted by Crippen LogP contribution is 2.42. The van der Waals surface area contributed by atoms with Gasteiger partial charge in [-0.1, -0.05) is 13.0 Å². The zero-order valence-electron chi connectivity index (χ0n) is 21.6. The Morgan fingerprint density at radius 1 is 1.22 bits per heavy atom. The molecule has 0 saturated heterocycles. The highest BCUT2D eigenvalue weighted by Gasteiger charge is 2.42. The van der Waals surface area contributed by atoms with Gasteiger partial charge in [-0.15, -0.1) is 4.72 Å². The molecule has 1 amide bonds. The molecule has 1 fully saturated rings. The molecule has 0 aliphatic heterocycles. The number of halogens is 5. The smallest absolute Gasteiger partial charge is 0.392 e. The van der Waals surface area contributed by atoms with Gasteiger partial charge < -0.3 is 14.9 Å². The number of H-pyrrole nitrogens is 1. The van der Waals surface area contributed by atoms with Gasteiger partial charge in [-0.2, -0.15) is 13.2 Å². The van der Waals surface area contributed by atoms with Gasteiger partial charge >= 0.3 is 6.18 Å². The standard InChI is InChI=1S/C25H35F5N4O2S/c1-14(25(28,29)30)12-20(35)31-15(2)17-6-7-18-19(13-17)33-22(32-18)21(34-37(36)23(3,4)5)16-8-10-24(26,27)11-9-16/h6-7,13-16,21,34H,8-12H2,1-5H3,(H,31,35)(H,32,33)/t14-,15+,21-,37+/m0/s1. The van der Waals surface area contributed by atoms with Crippen LogP contribution in [-0.2, 0) is 16.2 Å². The lowest BCUT2D eigenvalue weighted by Crippen LogP contribution is -2.44. The van der Waals surface area contributed by atoms with Crippen molar-refractivity contribution in [1.82, 2.24) is 20.0 Å². The molecule has 1 aliphatic carbocycles. The van der Waals surface area contributed by atoms with Crippen molar-refractivity contribution in [2.24, 2.45) is 11.8 Å². The van der Waals surface area contributed by atoms with E-state index in [9.17, 15) is 31.3 Å². The lowest BCUT2D eigenvalue weighted by molar-refractivity contribution is -0.174. The van der Waals surface area contributed by atoms with Crippen LogP contribution in [0.3, 0.4) is 0 Å². The molecule has 208 valence electrons. The van der Waals surface area contributed by atoms with Crippen molar-refractivity contribution < 1.29 is 31.3 Å². The van der Waals surface area contributed by atoms with Crippen LogP contribution in [0.25, 0.3) is 11.0 Å². The fourth-order valence-electron chi connectivity index (χ4n) is 4.30. The molecule has 0 unspecified atom stereocenters. The second-order valence-electron chi connectivity index (χ2n) is 11.0. The van der Waals surface area contributed by atoms with Crippen molar-refractivity contribution in [1.29, 1.82) is 0 Å². The fraction of sp³-hybridized carbons (Fsp3) is 0.680. The first-order valence-electron chi connectivity index (χ1n) is 12.4. The number of aromatic nitrogens is 2. The second-order valence-corrected chi connectivity index (χ2v) is 13.0. The number of imidazole rings is 1. The molecule has 12 heteroatoms. The van der Waals surface area contributed by atoms with Crippen LogP contribution in [0.5, 0.6) is 0 Å². The second kappa shape index (κ2) is 11.1. The average molecular weight is 551 g/mol. The number of hydrogen-bond donors (Lipinski definition) is 3. The molecule has 6 nitrogen and oxygen atoms in total. The van der Waals surface area contributed by atoms with E-state index in [1.165, 1.54) is 0 Å². The molecule has 0 radical (unpaired) electrons. The van der Waals surface area contributed by atoms with Crippen molar-refractivity contribution in [3.8, 4) is 0 Å². The predicted octanol–water partition coefficient (Wildman–Crippen LogP) is 6.25. The summed E-state index contributed by atoms with van der Waals surface area (Å²) in [6.45, 7) is 8.09. The lowest BCUT2D eigenvalue weighted by Gasteiger charge is -2.35. The maximum absolute atomic E-state index is 13.8. The molecule has 37 heavy (non-hydrogen) atoms. The monoisotopic (exact) mass is 550 g/mol. The molecule has 1 aromatic heterocycles. The van der Waals surface area contributed by atoms with Gasteiger partial charge in [0.05, 0.1) is 23.0 Å². The van der Waals surface area contributed by atoms with E-state index in [-0.39, 0.29) is 31.6 Å². The predicted molar refractivity (Wildman–Crippen MR) is 133 cm³/mol. The third kappa shape index (κ3) is 7.79. The first-order chi connectivity index (χ1) is 17.0. The number of nitrogens with zero attached hydrogens (tertiary/aromatic N) is 1. The Bertz CT molecular complexity index is 1080. The zero-order valence-corrected chi connectivity index (χ0v) is 22.5. The molecule has 0 bridgehead atoms. The van der Waals surface area contributed by atoms with Crippen LogP contribution < -0.4 is 10.0 Å². The van der Waals surface area contributed by atoms with E-state index >= 15 is 0 Å². The molecule has 3 rings (SSSR count). The van der Waals surface area contributed by atoms with Gasteiger partial charge in [0.15, 0.2) is 0 Å². The Morgan fingerprint density at radius 3 is 2.41 bits per heavy atom. The van der Waals surface area contributed by atoms with Crippen molar-refractivity contribution in [3.63, 3.8) is 0 Å². The highest BCUT2D eigenvalue weighted by atomic mass is 32.2. The summed E-state index contributed by atoms with van der Waals surface area (Å²) >= 11 is -1.47. The number of carbonyl (C=O) groups excluding carboxylic acids is 1. The van der Waals surface area contributed by atoms with Gasteiger partial charge in [-0.25, -0.2) is 13.8 Å². The summed E-state index contributed by atoms with van der Waals surface area (Å²) < 4.78 is 81.4. The van der Waals surface area contributed by atoms with E-state index in [1.807, 2.05) is 20.8 Å². The Balaban J connectivity index is 1.81. The third-order valence-electron chi connectivity index (χ3n) is 6.77. The molecule has 4 atom stereocenters. The first-order valence-corrected chi connectivity index (χ1v) is 13.5. The van der Waals surface area contributed by atoms with E-state index in [2.05, 4.69) is 20.0 Å².